The first-order valence-electron chi connectivity index (χ1n) is 17.9. The lowest BCUT2D eigenvalue weighted by molar-refractivity contribution is -0.146. The Morgan fingerprint density at radius 3 is 2.40 bits per heavy atom. The highest BCUT2D eigenvalue weighted by Crippen LogP contribution is 2.60. The number of anilines is 3. The summed E-state index contributed by atoms with van der Waals surface area (Å²) in [6.07, 6.45) is 2.67. The molecule has 3 heterocycles. The SMILES string of the molecule is COc1ccc2c(c1)[C@]1(O[C@@H](CCn3cc(C(CO)c4ccccc4)nn3)[C@H]([Si](C)(C)O)[C@H]1C)C(=O)N2Cc1cccc(N(C=O)c2ccccc2)c1. The molecule has 0 aliphatic carbocycles. The number of rotatable bonds is 13. The lowest BCUT2D eigenvalue weighted by Crippen LogP contribution is -2.46. The maximum atomic E-state index is 15.0. The normalized spacial score (nSPS) is 21.5. The first-order valence-corrected chi connectivity index (χ1v) is 21.0. The van der Waals surface area contributed by atoms with Crippen molar-refractivity contribution in [1.82, 2.24) is 15.0 Å². The van der Waals surface area contributed by atoms with E-state index in [9.17, 15) is 14.7 Å². The first-order chi connectivity index (χ1) is 25.6. The number of hydrogen-bond acceptors (Lipinski definition) is 8. The summed E-state index contributed by atoms with van der Waals surface area (Å²) in [5.41, 5.74) is 3.67. The zero-order valence-corrected chi connectivity index (χ0v) is 31.4. The Kier molecular flexibility index (Phi) is 10.1. The van der Waals surface area contributed by atoms with Crippen LogP contribution in [0.15, 0.2) is 109 Å². The van der Waals surface area contributed by atoms with E-state index < -0.39 is 20.0 Å². The molecule has 53 heavy (non-hydrogen) atoms. The predicted octanol–water partition coefficient (Wildman–Crippen LogP) is 6.14. The van der Waals surface area contributed by atoms with E-state index in [2.05, 4.69) is 10.3 Å². The van der Waals surface area contributed by atoms with Gasteiger partial charge < -0.3 is 24.3 Å². The van der Waals surface area contributed by atoms with E-state index in [1.807, 2.05) is 129 Å². The van der Waals surface area contributed by atoms with Crippen molar-refractivity contribution in [3.8, 4) is 5.75 Å². The smallest absolute Gasteiger partial charge is 0.264 e. The van der Waals surface area contributed by atoms with Crippen LogP contribution in [-0.4, -0.2) is 65.4 Å². The number of para-hydroxylation sites is 1. The van der Waals surface area contributed by atoms with Crippen LogP contribution in [0.4, 0.5) is 17.1 Å². The highest BCUT2D eigenvalue weighted by molar-refractivity contribution is 6.71. The van der Waals surface area contributed by atoms with E-state index in [0.717, 1.165) is 28.9 Å². The molecule has 0 bridgehead atoms. The van der Waals surface area contributed by atoms with Gasteiger partial charge >= 0.3 is 0 Å². The fourth-order valence-electron chi connectivity index (χ4n) is 8.35. The minimum Gasteiger partial charge on any atom is -0.497 e. The Morgan fingerprint density at radius 1 is 1.00 bits per heavy atom. The third-order valence-corrected chi connectivity index (χ3v) is 13.3. The molecule has 1 aromatic heterocycles. The molecule has 4 aromatic carbocycles. The second-order valence-electron chi connectivity index (χ2n) is 14.5. The van der Waals surface area contributed by atoms with Crippen LogP contribution in [0.1, 0.15) is 41.6 Å². The van der Waals surface area contributed by atoms with Gasteiger partial charge in [0.1, 0.15) is 5.75 Å². The van der Waals surface area contributed by atoms with E-state index in [1.54, 1.807) is 21.6 Å². The lowest BCUT2D eigenvalue weighted by atomic mass is 9.82. The molecule has 11 nitrogen and oxygen atoms in total. The van der Waals surface area contributed by atoms with Crippen molar-refractivity contribution in [2.45, 2.75) is 62.7 Å². The van der Waals surface area contributed by atoms with Gasteiger partial charge in [-0.25, -0.2) is 0 Å². The lowest BCUT2D eigenvalue weighted by Gasteiger charge is -2.32. The molecule has 2 N–H and O–H groups in total. The monoisotopic (exact) mass is 731 g/mol. The Balaban J connectivity index is 1.19. The molecule has 1 spiro atoms. The fourth-order valence-corrected chi connectivity index (χ4v) is 11.0. The molecule has 1 fully saturated rings. The van der Waals surface area contributed by atoms with Crippen LogP contribution in [0.5, 0.6) is 5.75 Å². The summed E-state index contributed by atoms with van der Waals surface area (Å²) in [5, 5.41) is 19.0. The number of methoxy groups -OCH3 is 1. The minimum absolute atomic E-state index is 0.102. The quantitative estimate of drug-likeness (QED) is 0.109. The number of aromatic nitrogens is 3. The third kappa shape index (κ3) is 6.67. The van der Waals surface area contributed by atoms with Crippen molar-refractivity contribution >= 4 is 37.7 Å². The fraction of sp³-hybridized carbons (Fsp3) is 0.317. The summed E-state index contributed by atoms with van der Waals surface area (Å²) in [4.78, 5) is 42.4. The number of hydrogen-bond donors (Lipinski definition) is 2. The van der Waals surface area contributed by atoms with Crippen molar-refractivity contribution in [1.29, 1.82) is 0 Å². The van der Waals surface area contributed by atoms with Crippen molar-refractivity contribution < 1.29 is 29.0 Å². The van der Waals surface area contributed by atoms with E-state index in [1.165, 1.54) is 0 Å². The number of benzene rings is 4. The van der Waals surface area contributed by atoms with Gasteiger partial charge in [0.15, 0.2) is 13.9 Å². The van der Waals surface area contributed by atoms with Gasteiger partial charge in [-0.1, -0.05) is 72.8 Å². The Labute approximate surface area is 310 Å². The largest absolute Gasteiger partial charge is 0.497 e. The molecule has 0 saturated carbocycles. The standard InChI is InChI=1S/C41H45N5O6Si/c1-28-39(53(3,4)50)38(20-21-44-25-36(42-43-44)34(26-47)30-13-7-5-8-14-30)52-41(28)35-23-33(51-2)18-19-37(35)45(40(41)49)24-29-12-11-17-32(22-29)46(27-48)31-15-9-6-10-16-31/h5-19,22-23,25,27-28,34,38-39,47,50H,20-21,24,26H2,1-4H3/t28-,34?,38+,39-,41+/m1/s1. The predicted molar refractivity (Wildman–Crippen MR) is 204 cm³/mol. The zero-order valence-electron chi connectivity index (χ0n) is 30.4. The van der Waals surface area contributed by atoms with Crippen molar-refractivity contribution in [2.24, 2.45) is 5.92 Å². The summed E-state index contributed by atoms with van der Waals surface area (Å²) in [6, 6.07) is 32.4. The molecule has 5 atom stereocenters. The van der Waals surface area contributed by atoms with Gasteiger partial charge in [-0.3, -0.25) is 19.2 Å². The van der Waals surface area contributed by atoms with Gasteiger partial charge in [0.25, 0.3) is 5.91 Å². The second-order valence-corrected chi connectivity index (χ2v) is 18.4. The molecule has 1 unspecified atom stereocenters. The zero-order chi connectivity index (χ0) is 37.3. The summed E-state index contributed by atoms with van der Waals surface area (Å²) >= 11 is 0. The van der Waals surface area contributed by atoms with Crippen LogP contribution < -0.4 is 14.5 Å². The number of aliphatic hydroxyl groups excluding tert-OH is 1. The molecule has 1 saturated heterocycles. The molecule has 7 rings (SSSR count). The number of amides is 2. The topological polar surface area (TPSA) is 130 Å². The summed E-state index contributed by atoms with van der Waals surface area (Å²) in [5.74, 6) is -0.258. The third-order valence-electron chi connectivity index (χ3n) is 10.8. The van der Waals surface area contributed by atoms with Gasteiger partial charge in [0.2, 0.25) is 6.41 Å². The number of ether oxygens (including phenoxy) is 2. The molecule has 0 radical (unpaired) electrons. The van der Waals surface area contributed by atoms with E-state index in [4.69, 9.17) is 9.47 Å². The molecule has 12 heteroatoms. The second kappa shape index (κ2) is 14.7. The summed E-state index contributed by atoms with van der Waals surface area (Å²) in [6.45, 7) is 6.42. The summed E-state index contributed by atoms with van der Waals surface area (Å²) in [7, 11) is -1.32. The Hall–Kier alpha value is -5.14. The van der Waals surface area contributed by atoms with Gasteiger partial charge in [-0.15, -0.1) is 5.10 Å². The maximum Gasteiger partial charge on any atom is 0.264 e. The van der Waals surface area contributed by atoms with Gasteiger partial charge in [-0.2, -0.15) is 0 Å². The van der Waals surface area contributed by atoms with Crippen molar-refractivity contribution in [3.63, 3.8) is 0 Å². The van der Waals surface area contributed by atoms with Gasteiger partial charge in [-0.05, 0) is 73.1 Å². The summed E-state index contributed by atoms with van der Waals surface area (Å²) < 4.78 is 14.4. The van der Waals surface area contributed by atoms with Crippen LogP contribution in [0.3, 0.4) is 0 Å². The van der Waals surface area contributed by atoms with E-state index >= 15 is 4.79 Å². The Bertz CT molecular complexity index is 2070. The number of carbonyl (C=O) groups excluding carboxylic acids is 2. The van der Waals surface area contributed by atoms with Crippen LogP contribution in [0.25, 0.3) is 0 Å². The van der Waals surface area contributed by atoms with Crippen molar-refractivity contribution in [2.75, 3.05) is 23.5 Å². The Morgan fingerprint density at radius 2 is 1.72 bits per heavy atom. The number of aryl methyl sites for hydroxylation is 1. The number of fused-ring (bicyclic) bond motifs is 2. The van der Waals surface area contributed by atoms with Crippen LogP contribution in [0, 0.1) is 5.92 Å². The maximum absolute atomic E-state index is 15.0. The first kappa shape index (κ1) is 36.2. The van der Waals surface area contributed by atoms with E-state index in [-0.39, 0.29) is 36.4 Å². The van der Waals surface area contributed by atoms with Crippen LogP contribution >= 0.6 is 0 Å². The minimum atomic E-state index is -2.91. The number of aliphatic hydroxyl groups is 1. The van der Waals surface area contributed by atoms with Gasteiger partial charge in [0.05, 0.1) is 43.7 Å². The number of carbonyl (C=O) groups is 2. The highest BCUT2D eigenvalue weighted by atomic mass is 28.4. The van der Waals surface area contributed by atoms with Crippen LogP contribution in [-0.2, 0) is 33.0 Å². The van der Waals surface area contributed by atoms with Gasteiger partial charge in [0, 0.05) is 41.1 Å². The number of nitrogens with zero attached hydrogens (tertiary/aromatic N) is 5. The average Bonchev–Trinajstić information content (AvgIpc) is 3.82. The highest BCUT2D eigenvalue weighted by Gasteiger charge is 2.66. The molecular formula is C41H45N5O6Si. The van der Waals surface area contributed by atoms with Crippen molar-refractivity contribution in [3.05, 3.63) is 132 Å². The molecule has 274 valence electrons. The molecule has 2 amide bonds. The molecule has 2 aliphatic heterocycles. The molecule has 5 aromatic rings. The van der Waals surface area contributed by atoms with E-state index in [0.29, 0.717) is 35.7 Å². The van der Waals surface area contributed by atoms with Crippen LogP contribution in [0.2, 0.25) is 18.6 Å². The average molecular weight is 732 g/mol. The molecule has 2 aliphatic rings. The molecular weight excluding hydrogens is 687 g/mol.